The van der Waals surface area contributed by atoms with Crippen molar-refractivity contribution in [1.29, 1.82) is 0 Å². The number of carbonyl (C=O) groups is 1. The number of carboxylic acids is 1. The van der Waals surface area contributed by atoms with E-state index in [2.05, 4.69) is 0 Å². The Labute approximate surface area is 116 Å². The molecule has 1 aromatic rings. The van der Waals surface area contributed by atoms with Gasteiger partial charge in [-0.1, -0.05) is 6.42 Å². The highest BCUT2D eigenvalue weighted by Gasteiger charge is 2.35. The first kappa shape index (κ1) is 14.5. The summed E-state index contributed by atoms with van der Waals surface area (Å²) in [6, 6.07) is -0.0697. The van der Waals surface area contributed by atoms with E-state index in [-0.39, 0.29) is 15.8 Å². The van der Waals surface area contributed by atoms with Crippen LogP contribution in [0.15, 0.2) is 10.3 Å². The van der Waals surface area contributed by atoms with Crippen LogP contribution in [0, 0.1) is 6.92 Å². The molecule has 0 aromatic carbocycles. The van der Waals surface area contributed by atoms with E-state index in [1.165, 1.54) is 4.31 Å². The molecule has 1 N–H and O–H groups in total. The number of aromatic carboxylic acids is 1. The summed E-state index contributed by atoms with van der Waals surface area (Å²) in [5, 5.41) is 10.7. The largest absolute Gasteiger partial charge is 0.477 e. The molecule has 5 nitrogen and oxygen atoms in total. The lowest BCUT2D eigenvalue weighted by molar-refractivity contribution is 0.0698. The molecule has 0 bridgehead atoms. The van der Waals surface area contributed by atoms with Crippen LogP contribution in [0.3, 0.4) is 0 Å². The molecule has 1 aliphatic heterocycles. The Balaban J connectivity index is 2.50. The Kier molecular flexibility index (Phi) is 3.98. The van der Waals surface area contributed by atoms with E-state index in [4.69, 9.17) is 5.11 Å². The first-order valence-corrected chi connectivity index (χ1v) is 8.51. The van der Waals surface area contributed by atoms with Crippen molar-refractivity contribution in [1.82, 2.24) is 4.31 Å². The van der Waals surface area contributed by atoms with E-state index in [1.807, 2.05) is 6.92 Å². The van der Waals surface area contributed by atoms with Gasteiger partial charge in [-0.15, -0.1) is 11.3 Å². The van der Waals surface area contributed by atoms with Crippen molar-refractivity contribution in [2.75, 3.05) is 6.54 Å². The highest BCUT2D eigenvalue weighted by molar-refractivity contribution is 7.89. The number of rotatable bonds is 3. The monoisotopic (exact) mass is 303 g/mol. The Morgan fingerprint density at radius 2 is 2.16 bits per heavy atom. The fourth-order valence-electron chi connectivity index (χ4n) is 2.45. The van der Waals surface area contributed by atoms with Gasteiger partial charge in [0.1, 0.15) is 9.77 Å². The maximum Gasteiger partial charge on any atom is 0.347 e. The smallest absolute Gasteiger partial charge is 0.347 e. The summed E-state index contributed by atoms with van der Waals surface area (Å²) in [5.74, 6) is -1.18. The number of piperidine rings is 1. The first-order valence-electron chi connectivity index (χ1n) is 6.19. The van der Waals surface area contributed by atoms with Crippen molar-refractivity contribution in [2.24, 2.45) is 0 Å². The van der Waals surface area contributed by atoms with Crippen LogP contribution in [0.1, 0.15) is 41.4 Å². The topological polar surface area (TPSA) is 74.7 Å². The minimum Gasteiger partial charge on any atom is -0.477 e. The average Bonchev–Trinajstić information content (AvgIpc) is 2.72. The van der Waals surface area contributed by atoms with Gasteiger partial charge < -0.3 is 5.11 Å². The van der Waals surface area contributed by atoms with E-state index >= 15 is 0 Å². The van der Waals surface area contributed by atoms with Crippen LogP contribution in [-0.2, 0) is 10.0 Å². The van der Waals surface area contributed by atoms with Gasteiger partial charge in [-0.2, -0.15) is 4.31 Å². The van der Waals surface area contributed by atoms with Gasteiger partial charge >= 0.3 is 5.97 Å². The second-order valence-electron chi connectivity index (χ2n) is 4.84. The number of thiophene rings is 1. The third-order valence-corrected chi connectivity index (χ3v) is 6.84. The molecule has 1 fully saturated rings. The Morgan fingerprint density at radius 3 is 2.74 bits per heavy atom. The first-order chi connectivity index (χ1) is 8.85. The standard InChI is InChI=1S/C12H17NO4S2/c1-8-7-18-10(12(14)15)11(8)19(16,17)13-6-4-3-5-9(13)2/h7,9H,3-6H2,1-2H3,(H,14,15). The highest BCUT2D eigenvalue weighted by atomic mass is 32.2. The molecule has 0 saturated carbocycles. The van der Waals surface area contributed by atoms with Crippen molar-refractivity contribution < 1.29 is 18.3 Å². The molecule has 1 aromatic heterocycles. The molecule has 1 atom stereocenters. The van der Waals surface area contributed by atoms with Gasteiger partial charge in [-0.25, -0.2) is 13.2 Å². The van der Waals surface area contributed by atoms with Gasteiger partial charge in [0.2, 0.25) is 10.0 Å². The zero-order chi connectivity index (χ0) is 14.2. The van der Waals surface area contributed by atoms with Gasteiger partial charge in [0.05, 0.1) is 0 Å². The minimum absolute atomic E-state index is 0.0289. The van der Waals surface area contributed by atoms with Crippen molar-refractivity contribution in [3.05, 3.63) is 15.8 Å². The number of carboxylic acid groups (broad SMARTS) is 1. The van der Waals surface area contributed by atoms with Gasteiger partial charge in [0.15, 0.2) is 0 Å². The van der Waals surface area contributed by atoms with Crippen molar-refractivity contribution >= 4 is 27.3 Å². The van der Waals surface area contributed by atoms with Crippen LogP contribution in [0.4, 0.5) is 0 Å². The van der Waals surface area contributed by atoms with Crippen LogP contribution in [-0.4, -0.2) is 36.4 Å². The molecule has 19 heavy (non-hydrogen) atoms. The molecule has 1 unspecified atom stereocenters. The average molecular weight is 303 g/mol. The summed E-state index contributed by atoms with van der Waals surface area (Å²) in [6.45, 7) is 3.99. The lowest BCUT2D eigenvalue weighted by atomic mass is 10.1. The summed E-state index contributed by atoms with van der Waals surface area (Å²) in [7, 11) is -3.71. The van der Waals surface area contributed by atoms with Gasteiger partial charge in [0, 0.05) is 12.6 Å². The normalized spacial score (nSPS) is 21.5. The van der Waals surface area contributed by atoms with E-state index in [1.54, 1.807) is 12.3 Å². The van der Waals surface area contributed by atoms with E-state index < -0.39 is 16.0 Å². The van der Waals surface area contributed by atoms with E-state index in [0.29, 0.717) is 12.1 Å². The number of hydrogen-bond donors (Lipinski definition) is 1. The van der Waals surface area contributed by atoms with E-state index in [9.17, 15) is 13.2 Å². The molecular weight excluding hydrogens is 286 g/mol. The highest BCUT2D eigenvalue weighted by Crippen LogP contribution is 2.32. The van der Waals surface area contributed by atoms with E-state index in [0.717, 1.165) is 30.6 Å². The van der Waals surface area contributed by atoms with Crippen LogP contribution < -0.4 is 0 Å². The summed E-state index contributed by atoms with van der Waals surface area (Å²) in [4.78, 5) is 11.1. The maximum atomic E-state index is 12.7. The quantitative estimate of drug-likeness (QED) is 0.930. The third-order valence-electron chi connectivity index (χ3n) is 3.42. The minimum atomic E-state index is -3.71. The molecule has 1 saturated heterocycles. The molecule has 1 aliphatic rings. The van der Waals surface area contributed by atoms with Crippen LogP contribution in [0.2, 0.25) is 0 Å². The van der Waals surface area contributed by atoms with Crippen LogP contribution in [0.5, 0.6) is 0 Å². The number of sulfonamides is 1. The lowest BCUT2D eigenvalue weighted by Gasteiger charge is -2.32. The summed E-state index contributed by atoms with van der Waals surface area (Å²) >= 11 is 0.971. The molecule has 0 aliphatic carbocycles. The Morgan fingerprint density at radius 1 is 1.47 bits per heavy atom. The molecule has 106 valence electrons. The number of aryl methyl sites for hydroxylation is 1. The Bertz CT molecular complexity index is 591. The van der Waals surface area contributed by atoms with Crippen molar-refractivity contribution in [3.8, 4) is 0 Å². The molecule has 0 spiro atoms. The molecule has 2 rings (SSSR count). The molecule has 2 heterocycles. The molecule has 0 amide bonds. The molecule has 7 heteroatoms. The van der Waals surface area contributed by atoms with Gasteiger partial charge in [0.25, 0.3) is 0 Å². The predicted octanol–water partition coefficient (Wildman–Crippen LogP) is 2.32. The fourth-order valence-corrected chi connectivity index (χ4v) is 5.73. The van der Waals surface area contributed by atoms with Crippen LogP contribution in [0.25, 0.3) is 0 Å². The van der Waals surface area contributed by atoms with Crippen molar-refractivity contribution in [3.63, 3.8) is 0 Å². The van der Waals surface area contributed by atoms with Crippen molar-refractivity contribution in [2.45, 2.75) is 44.0 Å². The molecule has 0 radical (unpaired) electrons. The van der Waals surface area contributed by atoms with Crippen LogP contribution >= 0.6 is 11.3 Å². The maximum absolute atomic E-state index is 12.7. The molecular formula is C12H17NO4S2. The van der Waals surface area contributed by atoms with Gasteiger partial charge in [-0.3, -0.25) is 0 Å². The lowest BCUT2D eigenvalue weighted by Crippen LogP contribution is -2.42. The fraction of sp³-hybridized carbons (Fsp3) is 0.583. The summed E-state index contributed by atoms with van der Waals surface area (Å²) in [6.07, 6.45) is 2.67. The number of nitrogens with zero attached hydrogens (tertiary/aromatic N) is 1. The van der Waals surface area contributed by atoms with Gasteiger partial charge in [-0.05, 0) is 37.6 Å². The summed E-state index contributed by atoms with van der Waals surface area (Å²) < 4.78 is 26.8. The third kappa shape index (κ3) is 2.54. The SMILES string of the molecule is Cc1csc(C(=O)O)c1S(=O)(=O)N1CCCCC1C. The zero-order valence-corrected chi connectivity index (χ0v) is 12.6. The zero-order valence-electron chi connectivity index (χ0n) is 10.9. The predicted molar refractivity (Wildman–Crippen MR) is 73.2 cm³/mol. The number of hydrogen-bond acceptors (Lipinski definition) is 4. The summed E-state index contributed by atoms with van der Waals surface area (Å²) in [5.41, 5.74) is 0.514. The second kappa shape index (κ2) is 5.22. The second-order valence-corrected chi connectivity index (χ2v) is 7.55. The Hall–Kier alpha value is -0.920.